The lowest BCUT2D eigenvalue weighted by atomic mass is 10.1. The zero-order valence-corrected chi connectivity index (χ0v) is 15.6. The normalized spacial score (nSPS) is 10.5. The average Bonchev–Trinajstić information content (AvgIpc) is 2.75. The van der Waals surface area contributed by atoms with Gasteiger partial charge in [-0.05, 0) is 17.0 Å². The second kappa shape index (κ2) is 8.26. The predicted molar refractivity (Wildman–Crippen MR) is 116 cm³/mol. The maximum atomic E-state index is 12.1. The Morgan fingerprint density at radius 3 is 2.45 bits per heavy atom. The van der Waals surface area contributed by atoms with Crippen LogP contribution in [0.5, 0.6) is 0 Å². The van der Waals surface area contributed by atoms with Gasteiger partial charge in [-0.3, -0.25) is 15.6 Å². The van der Waals surface area contributed by atoms with Gasteiger partial charge in [-0.2, -0.15) is 0 Å². The lowest BCUT2D eigenvalue weighted by molar-refractivity contribution is -0.119. The molecule has 0 atom stereocenters. The van der Waals surface area contributed by atoms with Gasteiger partial charge in [0.2, 0.25) is 5.91 Å². The molecule has 0 aliphatic heterocycles. The van der Waals surface area contributed by atoms with E-state index in [0.717, 1.165) is 22.0 Å². The van der Waals surface area contributed by atoms with Gasteiger partial charge in [0, 0.05) is 11.1 Å². The minimum Gasteiger partial charge on any atom is -0.393 e. The Balaban J connectivity index is 1.48. The molecule has 0 unspecified atom stereocenters. The predicted octanol–water partition coefficient (Wildman–Crippen LogP) is 3.64. The topological polar surface area (TPSA) is 105 Å². The Kier molecular flexibility index (Phi) is 5.20. The third kappa shape index (κ3) is 4.24. The first-order chi connectivity index (χ1) is 14.2. The number of carbonyl (C=O) groups is 1. The summed E-state index contributed by atoms with van der Waals surface area (Å²) in [5.41, 5.74) is 13.7. The quantitative estimate of drug-likeness (QED) is 0.378. The van der Waals surface area contributed by atoms with Crippen LogP contribution in [-0.4, -0.2) is 15.9 Å². The minimum absolute atomic E-state index is 0.197. The first kappa shape index (κ1) is 18.2. The zero-order valence-electron chi connectivity index (χ0n) is 15.6. The van der Waals surface area contributed by atoms with Crippen molar-refractivity contribution in [3.05, 3.63) is 84.7 Å². The van der Waals surface area contributed by atoms with Crippen molar-refractivity contribution in [1.82, 2.24) is 15.4 Å². The number of nitrogens with two attached hydrogens (primary N) is 1. The maximum absolute atomic E-state index is 12.1. The van der Waals surface area contributed by atoms with E-state index in [9.17, 15) is 4.79 Å². The number of rotatable bonds is 6. The van der Waals surface area contributed by atoms with Crippen LogP contribution < -0.4 is 21.9 Å². The Morgan fingerprint density at radius 1 is 0.862 bits per heavy atom. The van der Waals surface area contributed by atoms with E-state index < -0.39 is 0 Å². The number of hydrogen-bond acceptors (Lipinski definition) is 6. The molecule has 5 N–H and O–H groups in total. The summed E-state index contributed by atoms with van der Waals surface area (Å²) in [5.74, 6) is 0.582. The number of anilines is 4. The van der Waals surface area contributed by atoms with Crippen LogP contribution in [0.3, 0.4) is 0 Å². The van der Waals surface area contributed by atoms with E-state index in [2.05, 4.69) is 26.1 Å². The van der Waals surface area contributed by atoms with Gasteiger partial charge in [-0.1, -0.05) is 66.7 Å². The fraction of sp³-hybridized carbons (Fsp3) is 0.0455. The van der Waals surface area contributed by atoms with Crippen molar-refractivity contribution in [2.24, 2.45) is 0 Å². The third-order valence-electron chi connectivity index (χ3n) is 4.45. The van der Waals surface area contributed by atoms with Gasteiger partial charge < -0.3 is 11.1 Å². The average molecular weight is 384 g/mol. The number of nitrogen functional groups attached to an aromatic ring is 1. The Morgan fingerprint density at radius 2 is 1.59 bits per heavy atom. The maximum Gasteiger partial charge on any atom is 0.242 e. The van der Waals surface area contributed by atoms with Gasteiger partial charge in [0.15, 0.2) is 11.6 Å². The molecule has 0 saturated heterocycles. The minimum atomic E-state index is -0.197. The lowest BCUT2D eigenvalue weighted by Gasteiger charge is -2.14. The highest BCUT2D eigenvalue weighted by atomic mass is 16.2. The molecule has 0 bridgehead atoms. The van der Waals surface area contributed by atoms with Crippen LogP contribution in [0.1, 0.15) is 5.56 Å². The molecule has 144 valence electrons. The van der Waals surface area contributed by atoms with Gasteiger partial charge in [-0.25, -0.2) is 9.97 Å². The molecule has 0 radical (unpaired) electrons. The van der Waals surface area contributed by atoms with Crippen molar-refractivity contribution in [3.8, 4) is 0 Å². The van der Waals surface area contributed by atoms with Gasteiger partial charge >= 0.3 is 0 Å². The first-order valence-corrected chi connectivity index (χ1v) is 9.15. The smallest absolute Gasteiger partial charge is 0.242 e. The molecule has 3 aromatic carbocycles. The van der Waals surface area contributed by atoms with Crippen LogP contribution >= 0.6 is 0 Å². The van der Waals surface area contributed by atoms with Gasteiger partial charge in [0.1, 0.15) is 12.0 Å². The first-order valence-electron chi connectivity index (χ1n) is 9.15. The van der Waals surface area contributed by atoms with Crippen molar-refractivity contribution in [2.45, 2.75) is 6.42 Å². The summed E-state index contributed by atoms with van der Waals surface area (Å²) in [5, 5.41) is 5.42. The molecule has 1 heterocycles. The molecule has 0 spiro atoms. The number of nitrogens with zero attached hydrogens (tertiary/aromatic N) is 2. The fourth-order valence-corrected chi connectivity index (χ4v) is 3.01. The van der Waals surface area contributed by atoms with Crippen molar-refractivity contribution in [3.63, 3.8) is 0 Å². The summed E-state index contributed by atoms with van der Waals surface area (Å²) >= 11 is 0. The standard InChI is InChI=1S/C22H20N6O/c23-20-21(26-18-12-6-10-16-9-4-5-11-17(16)18)24-14-25-22(20)28-27-19(29)13-15-7-2-1-3-8-15/h1-12,14H,13,23H2,(H,27,29)(H2,24,25,26,28). The molecule has 1 aromatic heterocycles. The zero-order chi connectivity index (χ0) is 20.1. The van der Waals surface area contributed by atoms with E-state index >= 15 is 0 Å². The van der Waals surface area contributed by atoms with Crippen molar-refractivity contribution >= 4 is 39.7 Å². The third-order valence-corrected chi connectivity index (χ3v) is 4.45. The molecule has 0 aliphatic rings. The van der Waals surface area contributed by atoms with Crippen LogP contribution in [0.4, 0.5) is 23.0 Å². The monoisotopic (exact) mass is 384 g/mol. The molecule has 7 nitrogen and oxygen atoms in total. The summed E-state index contributed by atoms with van der Waals surface area (Å²) in [6.07, 6.45) is 1.63. The molecular weight excluding hydrogens is 364 g/mol. The second-order valence-electron chi connectivity index (χ2n) is 6.47. The number of benzene rings is 3. The molecule has 0 aliphatic carbocycles. The molecule has 4 aromatic rings. The van der Waals surface area contributed by atoms with Crippen molar-refractivity contribution in [1.29, 1.82) is 0 Å². The number of amides is 1. The van der Waals surface area contributed by atoms with Gasteiger partial charge in [0.25, 0.3) is 0 Å². The number of hydrazine groups is 1. The number of carbonyl (C=O) groups excluding carboxylic acids is 1. The molecular formula is C22H20N6O. The number of hydrogen-bond donors (Lipinski definition) is 4. The number of fused-ring (bicyclic) bond motifs is 1. The van der Waals surface area contributed by atoms with Crippen LogP contribution in [0.2, 0.25) is 0 Å². The van der Waals surface area contributed by atoms with Crippen LogP contribution in [0, 0.1) is 0 Å². The largest absolute Gasteiger partial charge is 0.393 e. The molecule has 0 fully saturated rings. The summed E-state index contributed by atoms with van der Waals surface area (Å²) in [6.45, 7) is 0. The molecule has 0 saturated carbocycles. The summed E-state index contributed by atoms with van der Waals surface area (Å²) in [4.78, 5) is 20.5. The van der Waals surface area contributed by atoms with E-state index in [4.69, 9.17) is 5.73 Å². The number of nitrogens with one attached hydrogen (secondary N) is 3. The van der Waals surface area contributed by atoms with E-state index in [1.54, 1.807) is 0 Å². The highest BCUT2D eigenvalue weighted by Crippen LogP contribution is 2.29. The Bertz CT molecular complexity index is 1140. The van der Waals surface area contributed by atoms with E-state index in [1.807, 2.05) is 72.8 Å². The molecule has 1 amide bonds. The van der Waals surface area contributed by atoms with Crippen LogP contribution in [-0.2, 0) is 11.2 Å². The van der Waals surface area contributed by atoms with Crippen molar-refractivity contribution < 1.29 is 4.79 Å². The Hall–Kier alpha value is -4.13. The molecule has 4 rings (SSSR count). The van der Waals surface area contributed by atoms with Crippen LogP contribution in [0.25, 0.3) is 10.8 Å². The van der Waals surface area contributed by atoms with Gasteiger partial charge in [-0.15, -0.1) is 0 Å². The van der Waals surface area contributed by atoms with E-state index in [1.165, 1.54) is 6.33 Å². The highest BCUT2D eigenvalue weighted by molar-refractivity contribution is 5.96. The Labute approximate surface area is 168 Å². The van der Waals surface area contributed by atoms with E-state index in [0.29, 0.717) is 17.3 Å². The van der Waals surface area contributed by atoms with Gasteiger partial charge in [0.05, 0.1) is 6.42 Å². The fourth-order valence-electron chi connectivity index (χ4n) is 3.01. The van der Waals surface area contributed by atoms with Crippen molar-refractivity contribution in [2.75, 3.05) is 16.5 Å². The summed E-state index contributed by atoms with van der Waals surface area (Å²) in [7, 11) is 0. The van der Waals surface area contributed by atoms with Crippen LogP contribution in [0.15, 0.2) is 79.1 Å². The SMILES string of the molecule is Nc1c(NNC(=O)Cc2ccccc2)ncnc1Nc1cccc2ccccc12. The second-order valence-corrected chi connectivity index (χ2v) is 6.47. The number of aromatic nitrogens is 2. The summed E-state index contributed by atoms with van der Waals surface area (Å²) < 4.78 is 0. The van der Waals surface area contributed by atoms with E-state index in [-0.39, 0.29) is 12.3 Å². The molecule has 7 heteroatoms. The highest BCUT2D eigenvalue weighted by Gasteiger charge is 2.11. The summed E-state index contributed by atoms with van der Waals surface area (Å²) in [6, 6.07) is 23.5. The molecule has 29 heavy (non-hydrogen) atoms. The lowest BCUT2D eigenvalue weighted by Crippen LogP contribution is -2.31.